The molecule has 0 bridgehead atoms. The molecule has 0 radical (unpaired) electrons. The van der Waals surface area contributed by atoms with Crippen LogP contribution in [0.4, 0.5) is 5.69 Å². The number of benzene rings is 1. The molecule has 3 aliphatic rings. The Hall–Kier alpha value is -1.39. The highest BCUT2D eigenvalue weighted by atomic mass is 16.3. The average molecular weight is 328 g/mol. The fourth-order valence-corrected chi connectivity index (χ4v) is 4.21. The molecular weight excluding hydrogens is 300 g/mol. The maximum Gasteiger partial charge on any atom is 0.230 e. The molecule has 1 aliphatic carbocycles. The lowest BCUT2D eigenvalue weighted by Gasteiger charge is -2.28. The van der Waals surface area contributed by atoms with Gasteiger partial charge in [0.1, 0.15) is 0 Å². The van der Waals surface area contributed by atoms with E-state index in [0.29, 0.717) is 5.91 Å². The summed E-state index contributed by atoms with van der Waals surface area (Å²) in [5.41, 5.74) is 3.27. The van der Waals surface area contributed by atoms with Gasteiger partial charge in [-0.3, -0.25) is 4.79 Å². The van der Waals surface area contributed by atoms with E-state index >= 15 is 0 Å². The number of aliphatic hydroxyl groups excluding tert-OH is 1. The minimum atomic E-state index is -0.433. The lowest BCUT2D eigenvalue weighted by molar-refractivity contribution is -0.120. The van der Waals surface area contributed by atoms with Crippen LogP contribution < -0.4 is 4.90 Å². The lowest BCUT2D eigenvalue weighted by Crippen LogP contribution is -2.36. The summed E-state index contributed by atoms with van der Waals surface area (Å²) < 4.78 is 0. The molecule has 0 aromatic heterocycles. The van der Waals surface area contributed by atoms with Crippen molar-refractivity contribution >= 4 is 11.6 Å². The van der Waals surface area contributed by atoms with Crippen LogP contribution in [0.2, 0.25) is 0 Å². The van der Waals surface area contributed by atoms with Gasteiger partial charge in [-0.05, 0) is 69.3 Å². The van der Waals surface area contributed by atoms with Gasteiger partial charge in [0.05, 0.1) is 6.10 Å². The van der Waals surface area contributed by atoms with Crippen molar-refractivity contribution in [1.82, 2.24) is 4.90 Å². The Morgan fingerprint density at radius 3 is 2.71 bits per heavy atom. The molecule has 4 nitrogen and oxygen atoms in total. The minimum Gasteiger partial charge on any atom is -0.387 e. The molecule has 2 heterocycles. The number of hydrogen-bond donors (Lipinski definition) is 1. The molecule has 4 heteroatoms. The lowest BCUT2D eigenvalue weighted by atomic mass is 10.0. The van der Waals surface area contributed by atoms with Crippen LogP contribution in [0, 0.1) is 5.92 Å². The first-order valence-corrected chi connectivity index (χ1v) is 9.50. The zero-order valence-electron chi connectivity index (χ0n) is 14.6. The number of hydrogen-bond acceptors (Lipinski definition) is 3. The highest BCUT2D eigenvalue weighted by molar-refractivity contribution is 5.98. The predicted octanol–water partition coefficient (Wildman–Crippen LogP) is 2.89. The molecule has 1 saturated carbocycles. The number of carbonyl (C=O) groups excluding carboxylic acids is 1. The fraction of sp³-hybridized carbons (Fsp3) is 0.650. The Kier molecular flexibility index (Phi) is 4.35. The molecule has 2 atom stereocenters. The normalized spacial score (nSPS) is 25.6. The van der Waals surface area contributed by atoms with Gasteiger partial charge in [-0.1, -0.05) is 18.6 Å². The Balaban J connectivity index is 1.49. The largest absolute Gasteiger partial charge is 0.387 e. The van der Waals surface area contributed by atoms with Crippen LogP contribution in [0.5, 0.6) is 0 Å². The van der Waals surface area contributed by atoms with Crippen LogP contribution in [0.25, 0.3) is 0 Å². The van der Waals surface area contributed by atoms with Gasteiger partial charge in [0, 0.05) is 24.2 Å². The van der Waals surface area contributed by atoms with E-state index in [4.69, 9.17) is 0 Å². The molecule has 2 fully saturated rings. The first-order chi connectivity index (χ1) is 11.6. The highest BCUT2D eigenvalue weighted by Gasteiger charge is 2.39. The maximum atomic E-state index is 12.5. The molecule has 130 valence electrons. The van der Waals surface area contributed by atoms with Crippen molar-refractivity contribution in [2.24, 2.45) is 5.92 Å². The number of β-amino-alcohol motifs (C(OH)–C–C–N with tert-alkyl or cyclic N) is 1. The summed E-state index contributed by atoms with van der Waals surface area (Å²) in [6, 6.07) is 6.43. The van der Waals surface area contributed by atoms with Gasteiger partial charge in [0.25, 0.3) is 0 Å². The number of piperidine rings is 1. The van der Waals surface area contributed by atoms with E-state index in [1.165, 1.54) is 24.8 Å². The van der Waals surface area contributed by atoms with Gasteiger partial charge in [0.15, 0.2) is 0 Å². The Labute approximate surface area is 144 Å². The van der Waals surface area contributed by atoms with Gasteiger partial charge < -0.3 is 14.9 Å². The summed E-state index contributed by atoms with van der Waals surface area (Å²) in [4.78, 5) is 16.9. The van der Waals surface area contributed by atoms with Crippen LogP contribution in [-0.2, 0) is 11.2 Å². The summed E-state index contributed by atoms with van der Waals surface area (Å²) in [5.74, 6) is 0.547. The highest BCUT2D eigenvalue weighted by Crippen LogP contribution is 2.39. The second kappa shape index (κ2) is 6.49. The van der Waals surface area contributed by atoms with Gasteiger partial charge >= 0.3 is 0 Å². The van der Waals surface area contributed by atoms with E-state index in [2.05, 4.69) is 17.9 Å². The summed E-state index contributed by atoms with van der Waals surface area (Å²) in [7, 11) is 0. The molecule has 0 spiro atoms. The third-order valence-electron chi connectivity index (χ3n) is 5.75. The zero-order valence-corrected chi connectivity index (χ0v) is 14.6. The molecule has 2 aliphatic heterocycles. The SMILES string of the molecule is C[C@H]1Cc2cc([C@@H](O)CN3CCCCC3)ccc2N1C(=O)C1CC1. The molecule has 1 saturated heterocycles. The average Bonchev–Trinajstić information content (AvgIpc) is 3.37. The maximum absolute atomic E-state index is 12.5. The number of nitrogens with zero attached hydrogens (tertiary/aromatic N) is 2. The van der Waals surface area contributed by atoms with Crippen molar-refractivity contribution in [3.05, 3.63) is 29.3 Å². The van der Waals surface area contributed by atoms with Crippen LogP contribution in [0.3, 0.4) is 0 Å². The molecule has 1 aromatic rings. The molecular formula is C20H28N2O2. The van der Waals surface area contributed by atoms with Crippen LogP contribution in [0.15, 0.2) is 18.2 Å². The van der Waals surface area contributed by atoms with Gasteiger partial charge in [-0.25, -0.2) is 0 Å². The fourth-order valence-electron chi connectivity index (χ4n) is 4.21. The third-order valence-corrected chi connectivity index (χ3v) is 5.75. The van der Waals surface area contributed by atoms with Crippen molar-refractivity contribution in [2.75, 3.05) is 24.5 Å². The topological polar surface area (TPSA) is 43.8 Å². The first kappa shape index (κ1) is 16.1. The summed E-state index contributed by atoms with van der Waals surface area (Å²) in [5, 5.41) is 10.6. The van der Waals surface area contributed by atoms with E-state index in [-0.39, 0.29) is 12.0 Å². The summed E-state index contributed by atoms with van der Waals surface area (Å²) in [6.45, 7) is 5.05. The Bertz CT molecular complexity index is 620. The monoisotopic (exact) mass is 328 g/mol. The standard InChI is InChI=1S/C20H28N2O2/c1-14-11-17-12-16(19(23)13-21-9-3-2-4-10-21)7-8-18(17)22(14)20(24)15-5-6-15/h7-8,12,14-15,19,23H,2-6,9-11,13H2,1H3/t14-,19-/m0/s1. The molecule has 1 aromatic carbocycles. The summed E-state index contributed by atoms with van der Waals surface area (Å²) >= 11 is 0. The predicted molar refractivity (Wildman–Crippen MR) is 95.1 cm³/mol. The van der Waals surface area contributed by atoms with Crippen LogP contribution >= 0.6 is 0 Å². The second-order valence-electron chi connectivity index (χ2n) is 7.80. The summed E-state index contributed by atoms with van der Waals surface area (Å²) in [6.07, 6.45) is 6.36. The number of aliphatic hydroxyl groups is 1. The molecule has 24 heavy (non-hydrogen) atoms. The molecule has 1 amide bonds. The Morgan fingerprint density at radius 1 is 1.25 bits per heavy atom. The van der Waals surface area contributed by atoms with Crippen molar-refractivity contribution in [3.63, 3.8) is 0 Å². The number of fused-ring (bicyclic) bond motifs is 1. The van der Waals surface area contributed by atoms with Crippen LogP contribution in [0.1, 0.15) is 56.3 Å². The molecule has 0 unspecified atom stereocenters. The van der Waals surface area contributed by atoms with E-state index < -0.39 is 6.10 Å². The van der Waals surface area contributed by atoms with E-state index in [9.17, 15) is 9.90 Å². The second-order valence-corrected chi connectivity index (χ2v) is 7.80. The molecule has 1 N–H and O–H groups in total. The smallest absolute Gasteiger partial charge is 0.230 e. The van der Waals surface area contributed by atoms with Gasteiger partial charge in [0.2, 0.25) is 5.91 Å². The molecule has 4 rings (SSSR count). The van der Waals surface area contributed by atoms with Crippen molar-refractivity contribution in [2.45, 2.75) is 57.6 Å². The van der Waals surface area contributed by atoms with Crippen molar-refractivity contribution < 1.29 is 9.90 Å². The van der Waals surface area contributed by atoms with Crippen molar-refractivity contribution in [3.8, 4) is 0 Å². The number of anilines is 1. The van der Waals surface area contributed by atoms with E-state index in [0.717, 1.165) is 50.1 Å². The number of carbonyl (C=O) groups is 1. The van der Waals surface area contributed by atoms with E-state index in [1.807, 2.05) is 17.0 Å². The van der Waals surface area contributed by atoms with Gasteiger partial charge in [-0.15, -0.1) is 0 Å². The van der Waals surface area contributed by atoms with Crippen LogP contribution in [-0.4, -0.2) is 41.6 Å². The quantitative estimate of drug-likeness (QED) is 0.924. The third kappa shape index (κ3) is 3.09. The number of likely N-dealkylation sites (tertiary alicyclic amines) is 1. The Morgan fingerprint density at radius 2 is 2.00 bits per heavy atom. The van der Waals surface area contributed by atoms with E-state index in [1.54, 1.807) is 0 Å². The number of rotatable bonds is 4. The van der Waals surface area contributed by atoms with Crippen molar-refractivity contribution in [1.29, 1.82) is 0 Å². The zero-order chi connectivity index (χ0) is 16.7. The number of amides is 1. The van der Waals surface area contributed by atoms with Gasteiger partial charge in [-0.2, -0.15) is 0 Å². The first-order valence-electron chi connectivity index (χ1n) is 9.50. The minimum absolute atomic E-state index is 0.239.